The highest BCUT2D eigenvalue weighted by molar-refractivity contribution is 6.86. The van der Waals surface area contributed by atoms with Gasteiger partial charge in [0.2, 0.25) is 0 Å². The summed E-state index contributed by atoms with van der Waals surface area (Å²) in [7, 11) is -1.32. The van der Waals surface area contributed by atoms with Crippen LogP contribution in [0, 0.1) is 0 Å². The van der Waals surface area contributed by atoms with Gasteiger partial charge in [0.25, 0.3) is 0 Å². The molecule has 0 unspecified atom stereocenters. The van der Waals surface area contributed by atoms with E-state index in [1.165, 1.54) is 43.7 Å². The van der Waals surface area contributed by atoms with E-state index in [0.29, 0.717) is 5.04 Å². The smallest absolute Gasteiger partial charge is 0.0902 e. The average Bonchev–Trinajstić information content (AvgIpc) is 2.26. The highest BCUT2D eigenvalue weighted by atomic mass is 28.3. The number of rotatable bonds is 7. The first kappa shape index (κ1) is 17.7. The van der Waals surface area contributed by atoms with Crippen LogP contribution in [0.15, 0.2) is 17.0 Å². The summed E-state index contributed by atoms with van der Waals surface area (Å²) in [6.07, 6.45) is 10.3. The van der Waals surface area contributed by atoms with E-state index in [1.807, 2.05) is 0 Å². The van der Waals surface area contributed by atoms with Crippen LogP contribution in [-0.4, -0.2) is 8.07 Å². The van der Waals surface area contributed by atoms with Gasteiger partial charge in [-0.15, -0.1) is 5.73 Å². The summed E-state index contributed by atoms with van der Waals surface area (Å²) in [6, 6.07) is 0. The molecule has 0 saturated carbocycles. The Morgan fingerprint density at radius 3 is 2.11 bits per heavy atom. The van der Waals surface area contributed by atoms with Crippen LogP contribution in [0.4, 0.5) is 0 Å². The summed E-state index contributed by atoms with van der Waals surface area (Å²) in [5.74, 6) is 0. The van der Waals surface area contributed by atoms with E-state index in [-0.39, 0.29) is 0 Å². The molecule has 0 saturated heterocycles. The van der Waals surface area contributed by atoms with Crippen LogP contribution in [0.1, 0.15) is 73.1 Å². The quantitative estimate of drug-likeness (QED) is 0.280. The zero-order valence-electron chi connectivity index (χ0n) is 13.8. The van der Waals surface area contributed by atoms with Crippen molar-refractivity contribution < 1.29 is 0 Å². The first-order valence-electron chi connectivity index (χ1n) is 7.65. The second-order valence-electron chi connectivity index (χ2n) is 7.05. The Morgan fingerprint density at radius 2 is 1.61 bits per heavy atom. The maximum absolute atomic E-state index is 3.57. The van der Waals surface area contributed by atoms with Crippen LogP contribution in [0.3, 0.4) is 0 Å². The van der Waals surface area contributed by atoms with Gasteiger partial charge in [-0.05, 0) is 36.1 Å². The Hall–Kier alpha value is -0.263. The predicted octanol–water partition coefficient (Wildman–Crippen LogP) is 6.50. The van der Waals surface area contributed by atoms with E-state index in [4.69, 9.17) is 0 Å². The summed E-state index contributed by atoms with van der Waals surface area (Å²) in [5.41, 5.74) is 3.57. The van der Waals surface area contributed by atoms with Gasteiger partial charge >= 0.3 is 0 Å². The Balaban J connectivity index is 4.25. The van der Waals surface area contributed by atoms with Crippen LogP contribution in [0.25, 0.3) is 0 Å². The van der Waals surface area contributed by atoms with Gasteiger partial charge in [0.15, 0.2) is 0 Å². The second-order valence-corrected chi connectivity index (χ2v) is 12.6. The molecule has 0 aliphatic carbocycles. The molecule has 18 heavy (non-hydrogen) atoms. The van der Waals surface area contributed by atoms with E-state index < -0.39 is 8.07 Å². The summed E-state index contributed by atoms with van der Waals surface area (Å²) in [6.45, 7) is 16.6. The van der Waals surface area contributed by atoms with Crippen molar-refractivity contribution >= 4 is 8.07 Å². The van der Waals surface area contributed by atoms with Crippen molar-refractivity contribution in [2.45, 2.75) is 91.3 Å². The molecule has 106 valence electrons. The van der Waals surface area contributed by atoms with Gasteiger partial charge in [-0.1, -0.05) is 66.5 Å². The van der Waals surface area contributed by atoms with Crippen molar-refractivity contribution in [2.75, 3.05) is 0 Å². The fourth-order valence-electron chi connectivity index (χ4n) is 1.82. The molecule has 0 nitrogen and oxygen atoms in total. The highest BCUT2D eigenvalue weighted by Crippen LogP contribution is 2.39. The standard InChI is InChI=1S/C17H34Si/c1-8-9-10-11-12-13-14-15-16(2)18(6,7)17(3,4)5/h14H,8-13H2,1-7H3. The molecule has 0 aliphatic rings. The van der Waals surface area contributed by atoms with Gasteiger partial charge in [-0.3, -0.25) is 0 Å². The maximum Gasteiger partial charge on any atom is 0.0902 e. The first-order valence-corrected chi connectivity index (χ1v) is 10.7. The first-order chi connectivity index (χ1) is 8.23. The minimum atomic E-state index is -1.32. The zero-order chi connectivity index (χ0) is 14.2. The minimum Gasteiger partial charge on any atom is -0.131 e. The summed E-state index contributed by atoms with van der Waals surface area (Å²) in [4.78, 5) is 0. The van der Waals surface area contributed by atoms with Crippen molar-refractivity contribution in [3.63, 3.8) is 0 Å². The van der Waals surface area contributed by atoms with E-state index in [2.05, 4.69) is 59.5 Å². The molecule has 0 amide bonds. The second kappa shape index (κ2) is 8.02. The fourth-order valence-corrected chi connectivity index (χ4v) is 3.41. The minimum absolute atomic E-state index is 0.430. The van der Waals surface area contributed by atoms with E-state index in [9.17, 15) is 0 Å². The van der Waals surface area contributed by atoms with Gasteiger partial charge < -0.3 is 0 Å². The van der Waals surface area contributed by atoms with Gasteiger partial charge in [0.1, 0.15) is 0 Å². The number of unbranched alkanes of at least 4 members (excludes halogenated alkanes) is 5. The Bertz CT molecular complexity index is 285. The average molecular weight is 267 g/mol. The van der Waals surface area contributed by atoms with E-state index in [0.717, 1.165) is 0 Å². The van der Waals surface area contributed by atoms with Gasteiger partial charge in [0, 0.05) is 0 Å². The van der Waals surface area contributed by atoms with Crippen LogP contribution < -0.4 is 0 Å². The molecule has 0 atom stereocenters. The Labute approximate surface area is 117 Å². The van der Waals surface area contributed by atoms with Crippen molar-refractivity contribution in [2.24, 2.45) is 0 Å². The SMILES string of the molecule is CCCCCCCC=C=C(C)[Si](C)(C)C(C)(C)C. The van der Waals surface area contributed by atoms with E-state index in [1.54, 1.807) is 0 Å². The fraction of sp³-hybridized carbons (Fsp3) is 0.824. The van der Waals surface area contributed by atoms with Crippen molar-refractivity contribution in [3.8, 4) is 0 Å². The molecule has 0 spiro atoms. The predicted molar refractivity (Wildman–Crippen MR) is 87.8 cm³/mol. The molecule has 0 radical (unpaired) electrons. The molecule has 0 aliphatic heterocycles. The molecular formula is C17H34Si. The molecule has 0 N–H and O–H groups in total. The monoisotopic (exact) mass is 266 g/mol. The topological polar surface area (TPSA) is 0 Å². The van der Waals surface area contributed by atoms with E-state index >= 15 is 0 Å². The summed E-state index contributed by atoms with van der Waals surface area (Å²) in [5, 5.41) is 1.95. The molecule has 0 aromatic heterocycles. The van der Waals surface area contributed by atoms with Crippen molar-refractivity contribution in [3.05, 3.63) is 17.0 Å². The van der Waals surface area contributed by atoms with Crippen LogP contribution in [-0.2, 0) is 0 Å². The summed E-state index contributed by atoms with van der Waals surface area (Å²) < 4.78 is 0. The number of hydrogen-bond donors (Lipinski definition) is 0. The van der Waals surface area contributed by atoms with Gasteiger partial charge in [-0.25, -0.2) is 0 Å². The molecule has 1 heteroatoms. The lowest BCUT2D eigenvalue weighted by Crippen LogP contribution is -2.38. The lowest BCUT2D eigenvalue weighted by Gasteiger charge is -2.36. The molecule has 0 heterocycles. The highest BCUT2D eigenvalue weighted by Gasteiger charge is 2.36. The molecule has 0 aromatic carbocycles. The number of allylic oxidation sites excluding steroid dienone is 1. The molecular weight excluding hydrogens is 232 g/mol. The van der Waals surface area contributed by atoms with Crippen LogP contribution >= 0.6 is 0 Å². The largest absolute Gasteiger partial charge is 0.131 e. The molecule has 0 rings (SSSR count). The molecule has 0 fully saturated rings. The molecule has 0 bridgehead atoms. The van der Waals surface area contributed by atoms with Crippen molar-refractivity contribution in [1.82, 2.24) is 0 Å². The maximum atomic E-state index is 3.57. The van der Waals surface area contributed by atoms with Gasteiger partial charge in [0.05, 0.1) is 8.07 Å². The third kappa shape index (κ3) is 6.07. The third-order valence-electron chi connectivity index (χ3n) is 4.58. The number of hydrogen-bond acceptors (Lipinski definition) is 0. The normalized spacial score (nSPS) is 12.2. The summed E-state index contributed by atoms with van der Waals surface area (Å²) >= 11 is 0. The molecule has 0 aromatic rings. The Kier molecular flexibility index (Phi) is 7.90. The van der Waals surface area contributed by atoms with Crippen LogP contribution in [0.2, 0.25) is 18.1 Å². The lowest BCUT2D eigenvalue weighted by molar-refractivity contribution is 0.637. The lowest BCUT2D eigenvalue weighted by atomic mass is 10.1. The third-order valence-corrected chi connectivity index (χ3v) is 10.4. The van der Waals surface area contributed by atoms with Crippen LogP contribution in [0.5, 0.6) is 0 Å². The van der Waals surface area contributed by atoms with Crippen molar-refractivity contribution in [1.29, 1.82) is 0 Å². The van der Waals surface area contributed by atoms with Gasteiger partial charge in [-0.2, -0.15) is 0 Å². The Morgan fingerprint density at radius 1 is 1.06 bits per heavy atom. The zero-order valence-corrected chi connectivity index (χ0v) is 14.8.